The van der Waals surface area contributed by atoms with Crippen LogP contribution in [0.2, 0.25) is 0 Å². The second-order valence-corrected chi connectivity index (χ2v) is 5.00. The quantitative estimate of drug-likeness (QED) is 0.627. The van der Waals surface area contributed by atoms with Gasteiger partial charge in [-0.25, -0.2) is 4.39 Å². The third-order valence-corrected chi connectivity index (χ3v) is 3.41. The Morgan fingerprint density at radius 3 is 2.50 bits per heavy atom. The number of carbonyl (C=O) groups excluding carboxylic acids is 2. The standard InChI is InChI=1S/C17H12FN3O3/c18-11-5-3-4-10(8-11)16(23)20-21-17(24)13-9-19-14-7-2-1-6-12(14)15(13)22/h1-9H,(H,19,22)(H,20,23)(H,21,24). The molecule has 0 aliphatic carbocycles. The summed E-state index contributed by atoms with van der Waals surface area (Å²) in [5, 5.41) is 0.363. The number of amides is 2. The van der Waals surface area contributed by atoms with Crippen LogP contribution in [0.25, 0.3) is 10.9 Å². The molecule has 3 rings (SSSR count). The minimum atomic E-state index is -0.772. The molecule has 0 unspecified atom stereocenters. The molecule has 1 aromatic heterocycles. The normalized spacial score (nSPS) is 10.4. The van der Waals surface area contributed by atoms with Crippen LogP contribution in [-0.4, -0.2) is 16.8 Å². The highest BCUT2D eigenvalue weighted by Gasteiger charge is 2.14. The number of pyridine rings is 1. The SMILES string of the molecule is O=C(NNC(=O)c1c[nH]c2ccccc2c1=O)c1cccc(F)c1. The molecule has 3 aromatic rings. The number of hydrogen-bond donors (Lipinski definition) is 3. The Morgan fingerprint density at radius 1 is 0.958 bits per heavy atom. The number of carbonyl (C=O) groups is 2. The van der Waals surface area contributed by atoms with Crippen LogP contribution in [0.15, 0.2) is 59.5 Å². The zero-order valence-corrected chi connectivity index (χ0v) is 12.3. The third kappa shape index (κ3) is 3.00. The number of benzene rings is 2. The largest absolute Gasteiger partial charge is 0.360 e. The van der Waals surface area contributed by atoms with Crippen molar-refractivity contribution >= 4 is 22.7 Å². The number of hydrogen-bond acceptors (Lipinski definition) is 3. The predicted molar refractivity (Wildman–Crippen MR) is 85.9 cm³/mol. The second kappa shape index (κ2) is 6.33. The molecule has 0 aliphatic heterocycles. The van der Waals surface area contributed by atoms with Gasteiger partial charge in [-0.1, -0.05) is 18.2 Å². The smallest absolute Gasteiger partial charge is 0.275 e. The van der Waals surface area contributed by atoms with Crippen LogP contribution in [0, 0.1) is 5.82 Å². The predicted octanol–water partition coefficient (Wildman–Crippen LogP) is 1.74. The molecule has 0 atom stereocenters. The number of nitrogens with one attached hydrogen (secondary N) is 3. The van der Waals surface area contributed by atoms with Crippen molar-refractivity contribution in [3.05, 3.63) is 81.9 Å². The molecule has 0 saturated heterocycles. The molecule has 0 spiro atoms. The van der Waals surface area contributed by atoms with Crippen molar-refractivity contribution in [3.8, 4) is 0 Å². The lowest BCUT2D eigenvalue weighted by molar-refractivity contribution is 0.0846. The summed E-state index contributed by atoms with van der Waals surface area (Å²) >= 11 is 0. The molecule has 7 heteroatoms. The summed E-state index contributed by atoms with van der Waals surface area (Å²) in [5.74, 6) is -2.04. The van der Waals surface area contributed by atoms with Gasteiger partial charge in [0.2, 0.25) is 5.43 Å². The number of halogens is 1. The molecule has 0 radical (unpaired) electrons. The summed E-state index contributed by atoms with van der Waals surface area (Å²) in [7, 11) is 0. The molecule has 2 amide bonds. The molecule has 0 bridgehead atoms. The van der Waals surface area contributed by atoms with E-state index in [1.165, 1.54) is 24.4 Å². The van der Waals surface area contributed by atoms with Crippen LogP contribution < -0.4 is 16.3 Å². The molecular weight excluding hydrogens is 313 g/mol. The van der Waals surface area contributed by atoms with Gasteiger partial charge in [-0.3, -0.25) is 25.2 Å². The molecule has 2 aromatic carbocycles. The Kier molecular flexibility index (Phi) is 4.07. The number of H-pyrrole nitrogens is 1. The molecule has 0 saturated carbocycles. The van der Waals surface area contributed by atoms with Crippen molar-refractivity contribution in [1.82, 2.24) is 15.8 Å². The van der Waals surface area contributed by atoms with E-state index < -0.39 is 23.1 Å². The van der Waals surface area contributed by atoms with Gasteiger partial charge in [0.1, 0.15) is 11.4 Å². The number of rotatable bonds is 2. The van der Waals surface area contributed by atoms with Crippen molar-refractivity contribution in [3.63, 3.8) is 0 Å². The maximum absolute atomic E-state index is 13.1. The van der Waals surface area contributed by atoms with Crippen LogP contribution in [0.3, 0.4) is 0 Å². The Bertz CT molecular complexity index is 998. The summed E-state index contributed by atoms with van der Waals surface area (Å²) in [6.07, 6.45) is 1.27. The van der Waals surface area contributed by atoms with Crippen LogP contribution in [0.5, 0.6) is 0 Å². The van der Waals surface area contributed by atoms with Crippen LogP contribution >= 0.6 is 0 Å². The summed E-state index contributed by atoms with van der Waals surface area (Å²) in [4.78, 5) is 39.1. The van der Waals surface area contributed by atoms with E-state index in [9.17, 15) is 18.8 Å². The minimum Gasteiger partial charge on any atom is -0.360 e. The van der Waals surface area contributed by atoms with Gasteiger partial charge in [-0.05, 0) is 30.3 Å². The number of para-hydroxylation sites is 1. The lowest BCUT2D eigenvalue weighted by Gasteiger charge is -2.08. The van der Waals surface area contributed by atoms with E-state index in [-0.39, 0.29) is 11.1 Å². The zero-order chi connectivity index (χ0) is 17.1. The Balaban J connectivity index is 1.77. The Morgan fingerprint density at radius 2 is 1.71 bits per heavy atom. The van der Waals surface area contributed by atoms with Crippen LogP contribution in [0.4, 0.5) is 4.39 Å². The molecule has 0 aliphatic rings. The summed E-state index contributed by atoms with van der Waals surface area (Å²) in [6.45, 7) is 0. The lowest BCUT2D eigenvalue weighted by Crippen LogP contribution is -2.43. The number of aromatic nitrogens is 1. The Hall–Kier alpha value is -3.48. The number of fused-ring (bicyclic) bond motifs is 1. The van der Waals surface area contributed by atoms with Gasteiger partial charge in [0.05, 0.1) is 0 Å². The summed E-state index contributed by atoms with van der Waals surface area (Å²) < 4.78 is 13.1. The van der Waals surface area contributed by atoms with Crippen molar-refractivity contribution in [2.45, 2.75) is 0 Å². The van der Waals surface area contributed by atoms with Crippen molar-refractivity contribution in [2.75, 3.05) is 0 Å². The third-order valence-electron chi connectivity index (χ3n) is 3.41. The summed E-state index contributed by atoms with van der Waals surface area (Å²) in [6, 6.07) is 11.8. The monoisotopic (exact) mass is 325 g/mol. The first-order valence-corrected chi connectivity index (χ1v) is 7.03. The molecule has 3 N–H and O–H groups in total. The molecule has 120 valence electrons. The second-order valence-electron chi connectivity index (χ2n) is 5.00. The fourth-order valence-electron chi connectivity index (χ4n) is 2.22. The van der Waals surface area contributed by atoms with Crippen molar-refractivity contribution < 1.29 is 14.0 Å². The van der Waals surface area contributed by atoms with E-state index in [2.05, 4.69) is 15.8 Å². The topological polar surface area (TPSA) is 91.1 Å². The minimum absolute atomic E-state index is 0.0442. The first-order valence-electron chi connectivity index (χ1n) is 7.03. The fourth-order valence-corrected chi connectivity index (χ4v) is 2.22. The van der Waals surface area contributed by atoms with Gasteiger partial charge >= 0.3 is 0 Å². The van der Waals surface area contributed by atoms with Gasteiger partial charge in [-0.2, -0.15) is 0 Å². The van der Waals surface area contributed by atoms with Gasteiger partial charge in [-0.15, -0.1) is 0 Å². The van der Waals surface area contributed by atoms with E-state index in [1.807, 2.05) is 0 Å². The number of hydrazine groups is 1. The van der Waals surface area contributed by atoms with E-state index in [0.29, 0.717) is 10.9 Å². The highest BCUT2D eigenvalue weighted by molar-refractivity contribution is 6.00. The molecule has 6 nitrogen and oxygen atoms in total. The van der Waals surface area contributed by atoms with E-state index in [0.717, 1.165) is 6.07 Å². The first kappa shape index (κ1) is 15.4. The first-order chi connectivity index (χ1) is 11.6. The summed E-state index contributed by atoms with van der Waals surface area (Å²) in [5.41, 5.74) is 4.33. The average Bonchev–Trinajstić information content (AvgIpc) is 2.60. The Labute approximate surface area is 135 Å². The van der Waals surface area contributed by atoms with Gasteiger partial charge in [0.15, 0.2) is 0 Å². The molecule has 1 heterocycles. The fraction of sp³-hybridized carbons (Fsp3) is 0. The highest BCUT2D eigenvalue weighted by Crippen LogP contribution is 2.07. The van der Waals surface area contributed by atoms with Crippen molar-refractivity contribution in [2.24, 2.45) is 0 Å². The van der Waals surface area contributed by atoms with Gasteiger partial charge in [0, 0.05) is 22.7 Å². The lowest BCUT2D eigenvalue weighted by atomic mass is 10.1. The maximum Gasteiger partial charge on any atom is 0.275 e. The van der Waals surface area contributed by atoms with Crippen LogP contribution in [0.1, 0.15) is 20.7 Å². The van der Waals surface area contributed by atoms with E-state index >= 15 is 0 Å². The van der Waals surface area contributed by atoms with Gasteiger partial charge in [0.25, 0.3) is 11.8 Å². The van der Waals surface area contributed by atoms with Gasteiger partial charge < -0.3 is 4.98 Å². The van der Waals surface area contributed by atoms with Crippen LogP contribution in [-0.2, 0) is 0 Å². The molecular formula is C17H12FN3O3. The van der Waals surface area contributed by atoms with E-state index in [1.54, 1.807) is 24.3 Å². The molecule has 0 fully saturated rings. The highest BCUT2D eigenvalue weighted by atomic mass is 19.1. The van der Waals surface area contributed by atoms with Crippen molar-refractivity contribution in [1.29, 1.82) is 0 Å². The zero-order valence-electron chi connectivity index (χ0n) is 12.3. The maximum atomic E-state index is 13.1. The van der Waals surface area contributed by atoms with E-state index in [4.69, 9.17) is 0 Å². The number of aromatic amines is 1. The average molecular weight is 325 g/mol. The molecule has 24 heavy (non-hydrogen) atoms.